The topological polar surface area (TPSA) is 27.1 Å². The quantitative estimate of drug-likeness (QED) is 0.384. The smallest absolute Gasteiger partial charge is 0.213 e. The summed E-state index contributed by atoms with van der Waals surface area (Å²) in [5.41, 5.74) is 3.22. The molecule has 27 heavy (non-hydrogen) atoms. The van der Waals surface area contributed by atoms with Crippen LogP contribution in [0.15, 0.2) is 76.7 Å². The van der Waals surface area contributed by atoms with Crippen molar-refractivity contribution < 1.29 is 4.74 Å². The number of halogens is 1. The largest absolute Gasteiger partial charge is 0.478 e. The monoisotopic (exact) mass is 394 g/mol. The van der Waals surface area contributed by atoms with Crippen molar-refractivity contribution in [2.24, 2.45) is 0 Å². The number of ether oxygens (including phenoxy) is 1. The summed E-state index contributed by atoms with van der Waals surface area (Å²) >= 11 is 8.08. The fourth-order valence-corrected chi connectivity index (χ4v) is 4.38. The van der Waals surface area contributed by atoms with E-state index in [1.165, 1.54) is 15.2 Å². The van der Waals surface area contributed by atoms with Crippen LogP contribution in [0.5, 0.6) is 5.88 Å². The zero-order valence-corrected chi connectivity index (χ0v) is 16.7. The molecule has 3 nitrogen and oxygen atoms in total. The summed E-state index contributed by atoms with van der Waals surface area (Å²) in [6, 6.07) is 20.4. The number of aromatic nitrogens is 2. The van der Waals surface area contributed by atoms with Crippen molar-refractivity contribution in [3.8, 4) is 11.6 Å². The Morgan fingerprint density at radius 3 is 2.59 bits per heavy atom. The molecule has 0 aliphatic heterocycles. The van der Waals surface area contributed by atoms with Gasteiger partial charge in [-0.15, -0.1) is 0 Å². The molecule has 4 rings (SSSR count). The Hall–Kier alpha value is -2.43. The van der Waals surface area contributed by atoms with Crippen LogP contribution < -0.4 is 4.74 Å². The summed E-state index contributed by atoms with van der Waals surface area (Å²) < 4.78 is 7.68. The standard InChI is InChI=1S/C22H19ClN2OS/c1-3-26-21-12-10-17(14-24-21)25-15(2)22(27-18-7-5-4-6-8-18)19-11-9-16(23)13-20(19)25/h4-14H,3H2,1-2H3. The third-order valence-electron chi connectivity index (χ3n) is 4.34. The first kappa shape index (κ1) is 18.0. The molecule has 2 aromatic heterocycles. The van der Waals surface area contributed by atoms with E-state index in [0.29, 0.717) is 12.5 Å². The van der Waals surface area contributed by atoms with Gasteiger partial charge >= 0.3 is 0 Å². The van der Waals surface area contributed by atoms with E-state index in [2.05, 4.69) is 46.8 Å². The molecule has 5 heteroatoms. The van der Waals surface area contributed by atoms with E-state index in [1.807, 2.05) is 43.5 Å². The van der Waals surface area contributed by atoms with Gasteiger partial charge in [0, 0.05) is 32.0 Å². The Labute approximate surface area is 168 Å². The average molecular weight is 395 g/mol. The lowest BCUT2D eigenvalue weighted by atomic mass is 10.2. The molecule has 0 atom stereocenters. The van der Waals surface area contributed by atoms with Crippen LogP contribution >= 0.6 is 23.4 Å². The van der Waals surface area contributed by atoms with E-state index in [-0.39, 0.29) is 0 Å². The summed E-state index contributed by atoms with van der Waals surface area (Å²) in [6.45, 7) is 4.69. The summed E-state index contributed by atoms with van der Waals surface area (Å²) in [6.07, 6.45) is 1.84. The van der Waals surface area contributed by atoms with Gasteiger partial charge in [0.1, 0.15) is 0 Å². The predicted octanol–water partition coefficient (Wildman–Crippen LogP) is 6.54. The first-order valence-corrected chi connectivity index (χ1v) is 9.99. The predicted molar refractivity (Wildman–Crippen MR) is 113 cm³/mol. The molecule has 0 aliphatic rings. The van der Waals surface area contributed by atoms with E-state index in [1.54, 1.807) is 11.8 Å². The second-order valence-corrected chi connectivity index (χ2v) is 7.63. The Balaban J connectivity index is 1.87. The minimum atomic E-state index is 0.602. The molecular formula is C22H19ClN2OS. The van der Waals surface area contributed by atoms with Crippen molar-refractivity contribution in [2.75, 3.05) is 6.61 Å². The zero-order valence-electron chi connectivity index (χ0n) is 15.1. The van der Waals surface area contributed by atoms with Crippen molar-refractivity contribution in [3.05, 3.63) is 77.6 Å². The van der Waals surface area contributed by atoms with E-state index in [9.17, 15) is 0 Å². The van der Waals surface area contributed by atoms with Crippen molar-refractivity contribution >= 4 is 34.3 Å². The number of rotatable bonds is 5. The highest BCUT2D eigenvalue weighted by Crippen LogP contribution is 2.40. The van der Waals surface area contributed by atoms with Gasteiger partial charge in [0.15, 0.2) is 0 Å². The van der Waals surface area contributed by atoms with Crippen LogP contribution in [-0.4, -0.2) is 16.2 Å². The van der Waals surface area contributed by atoms with Gasteiger partial charge in [0.2, 0.25) is 5.88 Å². The molecule has 0 bridgehead atoms. The van der Waals surface area contributed by atoms with Crippen LogP contribution in [0.25, 0.3) is 16.6 Å². The van der Waals surface area contributed by atoms with Crippen molar-refractivity contribution in [3.63, 3.8) is 0 Å². The lowest BCUT2D eigenvalue weighted by molar-refractivity contribution is 0.327. The average Bonchev–Trinajstić information content (AvgIpc) is 2.95. The molecule has 4 aromatic rings. The van der Waals surface area contributed by atoms with E-state index in [0.717, 1.165) is 21.9 Å². The number of hydrogen-bond acceptors (Lipinski definition) is 3. The van der Waals surface area contributed by atoms with E-state index in [4.69, 9.17) is 16.3 Å². The van der Waals surface area contributed by atoms with Gasteiger partial charge in [0.25, 0.3) is 0 Å². The fraction of sp³-hybridized carbons (Fsp3) is 0.136. The van der Waals surface area contributed by atoms with Crippen LogP contribution in [-0.2, 0) is 0 Å². The van der Waals surface area contributed by atoms with Gasteiger partial charge in [-0.25, -0.2) is 4.98 Å². The number of nitrogens with zero attached hydrogens (tertiary/aromatic N) is 2. The van der Waals surface area contributed by atoms with Crippen molar-refractivity contribution in [1.29, 1.82) is 0 Å². The normalized spacial score (nSPS) is 11.1. The SMILES string of the molecule is CCOc1ccc(-n2c(C)c(Sc3ccccc3)c3ccc(Cl)cc32)cn1. The molecule has 0 aliphatic carbocycles. The Morgan fingerprint density at radius 2 is 1.89 bits per heavy atom. The third kappa shape index (κ3) is 3.55. The lowest BCUT2D eigenvalue weighted by Crippen LogP contribution is -1.99. The fourth-order valence-electron chi connectivity index (χ4n) is 3.16. The Kier molecular flexibility index (Phi) is 5.10. The number of fused-ring (bicyclic) bond motifs is 1. The number of pyridine rings is 1. The van der Waals surface area contributed by atoms with Gasteiger partial charge in [-0.05, 0) is 44.2 Å². The van der Waals surface area contributed by atoms with Gasteiger partial charge in [0.05, 0.1) is 24.0 Å². The molecule has 0 saturated carbocycles. The van der Waals surface area contributed by atoms with Crippen LogP contribution in [0.4, 0.5) is 0 Å². The summed E-state index contributed by atoms with van der Waals surface area (Å²) in [5.74, 6) is 0.632. The van der Waals surface area contributed by atoms with Gasteiger partial charge in [-0.2, -0.15) is 0 Å². The number of hydrogen-bond donors (Lipinski definition) is 0. The van der Waals surface area contributed by atoms with Crippen molar-refractivity contribution in [2.45, 2.75) is 23.6 Å². The maximum absolute atomic E-state index is 6.31. The molecule has 0 spiro atoms. The molecular weight excluding hydrogens is 376 g/mol. The highest BCUT2D eigenvalue weighted by atomic mass is 35.5. The zero-order chi connectivity index (χ0) is 18.8. The lowest BCUT2D eigenvalue weighted by Gasteiger charge is -2.10. The van der Waals surface area contributed by atoms with Crippen LogP contribution in [0.1, 0.15) is 12.6 Å². The molecule has 0 radical (unpaired) electrons. The summed E-state index contributed by atoms with van der Waals surface area (Å²) in [4.78, 5) is 6.86. The molecule has 136 valence electrons. The molecule has 0 N–H and O–H groups in total. The minimum Gasteiger partial charge on any atom is -0.478 e. The first-order chi connectivity index (χ1) is 13.2. The van der Waals surface area contributed by atoms with Crippen LogP contribution in [0.2, 0.25) is 5.02 Å². The number of benzene rings is 2. The first-order valence-electron chi connectivity index (χ1n) is 8.80. The molecule has 0 amide bonds. The van der Waals surface area contributed by atoms with Crippen LogP contribution in [0, 0.1) is 6.92 Å². The molecule has 0 unspecified atom stereocenters. The van der Waals surface area contributed by atoms with Gasteiger partial charge < -0.3 is 9.30 Å². The molecule has 2 aromatic carbocycles. The Bertz CT molecular complexity index is 1080. The second-order valence-electron chi connectivity index (χ2n) is 6.11. The van der Waals surface area contributed by atoms with Gasteiger partial charge in [-0.1, -0.05) is 47.6 Å². The van der Waals surface area contributed by atoms with Crippen LogP contribution in [0.3, 0.4) is 0 Å². The summed E-state index contributed by atoms with van der Waals surface area (Å²) in [5, 5.41) is 1.90. The highest BCUT2D eigenvalue weighted by molar-refractivity contribution is 7.99. The highest BCUT2D eigenvalue weighted by Gasteiger charge is 2.17. The van der Waals surface area contributed by atoms with E-state index >= 15 is 0 Å². The summed E-state index contributed by atoms with van der Waals surface area (Å²) in [7, 11) is 0. The molecule has 2 heterocycles. The maximum atomic E-state index is 6.31. The Morgan fingerprint density at radius 1 is 1.07 bits per heavy atom. The second kappa shape index (κ2) is 7.67. The van der Waals surface area contributed by atoms with Crippen molar-refractivity contribution in [1.82, 2.24) is 9.55 Å². The molecule has 0 saturated heterocycles. The van der Waals surface area contributed by atoms with E-state index < -0.39 is 0 Å². The van der Waals surface area contributed by atoms with Gasteiger partial charge in [-0.3, -0.25) is 0 Å². The third-order valence-corrected chi connectivity index (χ3v) is 5.81. The minimum absolute atomic E-state index is 0.602. The maximum Gasteiger partial charge on any atom is 0.213 e. The molecule has 0 fully saturated rings.